The number of anilines is 3. The van der Waals surface area contributed by atoms with Crippen LogP contribution in [0.5, 0.6) is 5.75 Å². The Balaban J connectivity index is 1.38. The number of nitrogens with one attached hydrogen (secondary N) is 2. The number of ether oxygens (including phenoxy) is 1. The topological polar surface area (TPSA) is 101 Å². The second-order valence-corrected chi connectivity index (χ2v) is 8.96. The Morgan fingerprint density at radius 2 is 1.97 bits per heavy atom. The molecule has 2 aromatic carbocycles. The van der Waals surface area contributed by atoms with Crippen molar-refractivity contribution in [3.8, 4) is 17.0 Å². The average Bonchev–Trinajstić information content (AvgIpc) is 3.55. The lowest BCUT2D eigenvalue weighted by Crippen LogP contribution is -2.23. The molecule has 9 nitrogen and oxygen atoms in total. The first-order valence-corrected chi connectivity index (χ1v) is 11.6. The molecular formula is C27H25N7O2. The molecule has 4 heterocycles. The molecule has 180 valence electrons. The Kier molecular flexibility index (Phi) is 4.99. The van der Waals surface area contributed by atoms with Crippen molar-refractivity contribution in [1.29, 1.82) is 0 Å². The largest absolute Gasteiger partial charge is 0.497 e. The summed E-state index contributed by atoms with van der Waals surface area (Å²) < 4.78 is 7.12. The fourth-order valence-corrected chi connectivity index (χ4v) is 4.67. The highest BCUT2D eigenvalue weighted by Gasteiger charge is 2.30. The molecule has 3 aromatic heterocycles. The number of amides is 1. The molecule has 1 aliphatic heterocycles. The zero-order valence-electron chi connectivity index (χ0n) is 20.5. The number of aromatic nitrogens is 5. The van der Waals surface area contributed by atoms with Crippen LogP contribution in [0.15, 0.2) is 54.9 Å². The third kappa shape index (κ3) is 3.48. The van der Waals surface area contributed by atoms with Crippen molar-refractivity contribution in [1.82, 2.24) is 24.7 Å². The van der Waals surface area contributed by atoms with Crippen LogP contribution in [0, 0.1) is 13.8 Å². The Morgan fingerprint density at radius 3 is 2.75 bits per heavy atom. The van der Waals surface area contributed by atoms with Gasteiger partial charge in [0.05, 0.1) is 30.6 Å². The molecule has 0 saturated heterocycles. The van der Waals surface area contributed by atoms with Crippen molar-refractivity contribution in [2.45, 2.75) is 20.4 Å². The molecule has 0 aliphatic carbocycles. The summed E-state index contributed by atoms with van der Waals surface area (Å²) in [5.41, 5.74) is 7.09. The van der Waals surface area contributed by atoms with Gasteiger partial charge in [-0.25, -0.2) is 9.97 Å². The van der Waals surface area contributed by atoms with Crippen LogP contribution in [-0.4, -0.2) is 37.7 Å². The number of carbonyl (C=O) groups excluding carboxylic acids is 1. The summed E-state index contributed by atoms with van der Waals surface area (Å²) in [6.45, 7) is 4.49. The number of aromatic amines is 1. The number of aryl methyl sites for hydroxylation is 3. The summed E-state index contributed by atoms with van der Waals surface area (Å²) in [4.78, 5) is 27.8. The van der Waals surface area contributed by atoms with Crippen LogP contribution >= 0.6 is 0 Å². The molecular weight excluding hydrogens is 454 g/mol. The van der Waals surface area contributed by atoms with Crippen LogP contribution in [0.4, 0.5) is 17.5 Å². The molecule has 0 unspecified atom stereocenters. The van der Waals surface area contributed by atoms with Gasteiger partial charge in [0.1, 0.15) is 5.75 Å². The quantitative estimate of drug-likeness (QED) is 0.372. The van der Waals surface area contributed by atoms with Gasteiger partial charge in [0.25, 0.3) is 5.91 Å². The SMILES string of the molecule is COc1ccc2c(c1)C(=O)N(c1cccc3c(-c4nc(Nc5cc(C)n(C)n5)ncc4C)c[nH]c13)C2. The third-order valence-electron chi connectivity index (χ3n) is 6.69. The number of nitrogens with zero attached hydrogens (tertiary/aromatic N) is 5. The average molecular weight is 480 g/mol. The highest BCUT2D eigenvalue weighted by atomic mass is 16.5. The summed E-state index contributed by atoms with van der Waals surface area (Å²) in [6.07, 6.45) is 3.74. The lowest BCUT2D eigenvalue weighted by atomic mass is 10.1. The van der Waals surface area contributed by atoms with Gasteiger partial charge < -0.3 is 19.9 Å². The van der Waals surface area contributed by atoms with E-state index in [0.29, 0.717) is 29.6 Å². The second-order valence-electron chi connectivity index (χ2n) is 8.96. The van der Waals surface area contributed by atoms with Gasteiger partial charge in [0.2, 0.25) is 5.95 Å². The minimum atomic E-state index is -0.0390. The number of rotatable bonds is 5. The fraction of sp³-hybridized carbons (Fsp3) is 0.185. The molecule has 0 spiro atoms. The summed E-state index contributed by atoms with van der Waals surface area (Å²) in [5.74, 6) is 1.80. The van der Waals surface area contributed by atoms with Crippen molar-refractivity contribution in [3.63, 3.8) is 0 Å². The standard InChI is InChI=1S/C27H25N7O2/c1-15-12-29-27(30-23-10-16(2)33(3)32-23)31-24(15)21-13-28-25-19(21)6-5-7-22(25)34-14-17-8-9-18(36-4)11-20(17)26(34)35/h5-13,28H,14H2,1-4H3,(H,29,30,31,32). The van der Waals surface area contributed by atoms with Gasteiger partial charge in [0.15, 0.2) is 5.82 Å². The van der Waals surface area contributed by atoms with Crippen molar-refractivity contribution >= 4 is 34.3 Å². The molecule has 0 bridgehead atoms. The van der Waals surface area contributed by atoms with Crippen LogP contribution in [0.2, 0.25) is 0 Å². The number of carbonyl (C=O) groups is 1. The fourth-order valence-electron chi connectivity index (χ4n) is 4.67. The van der Waals surface area contributed by atoms with E-state index < -0.39 is 0 Å². The van der Waals surface area contributed by atoms with Gasteiger partial charge in [-0.15, -0.1) is 0 Å². The van der Waals surface area contributed by atoms with Crippen molar-refractivity contribution in [2.75, 3.05) is 17.3 Å². The molecule has 2 N–H and O–H groups in total. The number of hydrogen-bond donors (Lipinski definition) is 2. The minimum absolute atomic E-state index is 0.0390. The Hall–Kier alpha value is -4.66. The number of benzene rings is 2. The van der Waals surface area contributed by atoms with Gasteiger partial charge >= 0.3 is 0 Å². The summed E-state index contributed by atoms with van der Waals surface area (Å²) in [5, 5.41) is 8.61. The zero-order valence-corrected chi connectivity index (χ0v) is 20.5. The van der Waals surface area contributed by atoms with Gasteiger partial charge in [-0.1, -0.05) is 18.2 Å². The van der Waals surface area contributed by atoms with Crippen LogP contribution in [0.1, 0.15) is 27.2 Å². The lowest BCUT2D eigenvalue weighted by Gasteiger charge is -2.17. The first kappa shape index (κ1) is 21.8. The first-order valence-electron chi connectivity index (χ1n) is 11.6. The van der Waals surface area contributed by atoms with E-state index in [-0.39, 0.29) is 5.91 Å². The third-order valence-corrected chi connectivity index (χ3v) is 6.69. The summed E-state index contributed by atoms with van der Waals surface area (Å²) >= 11 is 0. The van der Waals surface area contributed by atoms with Crippen molar-refractivity contribution < 1.29 is 9.53 Å². The maximum Gasteiger partial charge on any atom is 0.259 e. The Labute approximate surface area is 207 Å². The van der Waals surface area contributed by atoms with E-state index in [1.165, 1.54) is 0 Å². The van der Waals surface area contributed by atoms with E-state index in [4.69, 9.17) is 9.72 Å². The van der Waals surface area contributed by atoms with E-state index in [9.17, 15) is 4.79 Å². The second kappa shape index (κ2) is 8.23. The molecule has 36 heavy (non-hydrogen) atoms. The van der Waals surface area contributed by atoms with Gasteiger partial charge in [-0.3, -0.25) is 9.48 Å². The molecule has 9 heteroatoms. The predicted molar refractivity (Wildman–Crippen MR) is 139 cm³/mol. The van der Waals surface area contributed by atoms with E-state index in [0.717, 1.165) is 44.7 Å². The molecule has 1 amide bonds. The highest BCUT2D eigenvalue weighted by Crippen LogP contribution is 2.38. The van der Waals surface area contributed by atoms with Gasteiger partial charge in [-0.2, -0.15) is 5.10 Å². The minimum Gasteiger partial charge on any atom is -0.497 e. The normalized spacial score (nSPS) is 12.9. The number of hydrogen-bond acceptors (Lipinski definition) is 6. The van der Waals surface area contributed by atoms with E-state index in [2.05, 4.69) is 20.4 Å². The lowest BCUT2D eigenvalue weighted by molar-refractivity contribution is 0.0996. The number of fused-ring (bicyclic) bond motifs is 2. The molecule has 0 atom stereocenters. The van der Waals surface area contributed by atoms with Gasteiger partial charge in [0, 0.05) is 47.7 Å². The van der Waals surface area contributed by atoms with Crippen molar-refractivity contribution in [3.05, 3.63) is 77.2 Å². The summed E-state index contributed by atoms with van der Waals surface area (Å²) in [7, 11) is 3.50. The number of para-hydroxylation sites is 1. The van der Waals surface area contributed by atoms with Crippen LogP contribution in [0.3, 0.4) is 0 Å². The monoisotopic (exact) mass is 479 g/mol. The van der Waals surface area contributed by atoms with Crippen LogP contribution < -0.4 is 15.0 Å². The van der Waals surface area contributed by atoms with E-state index >= 15 is 0 Å². The van der Waals surface area contributed by atoms with Crippen LogP contribution in [0.25, 0.3) is 22.2 Å². The molecule has 0 radical (unpaired) electrons. The maximum atomic E-state index is 13.3. The maximum absolute atomic E-state index is 13.3. The van der Waals surface area contributed by atoms with E-state index in [1.807, 2.05) is 63.5 Å². The molecule has 0 fully saturated rings. The number of methoxy groups -OCH3 is 1. The predicted octanol–water partition coefficient (Wildman–Crippen LogP) is 4.89. The number of H-pyrrole nitrogens is 1. The summed E-state index contributed by atoms with van der Waals surface area (Å²) in [6, 6.07) is 13.6. The van der Waals surface area contributed by atoms with E-state index in [1.54, 1.807) is 29.0 Å². The highest BCUT2D eigenvalue weighted by molar-refractivity contribution is 6.14. The van der Waals surface area contributed by atoms with Gasteiger partial charge in [-0.05, 0) is 43.2 Å². The Bertz CT molecular complexity index is 1630. The molecule has 0 saturated carbocycles. The zero-order chi connectivity index (χ0) is 25.0. The smallest absolute Gasteiger partial charge is 0.259 e. The molecule has 5 aromatic rings. The molecule has 6 rings (SSSR count). The Morgan fingerprint density at radius 1 is 1.11 bits per heavy atom. The molecule has 1 aliphatic rings. The first-order chi connectivity index (χ1) is 17.4. The van der Waals surface area contributed by atoms with Crippen LogP contribution in [-0.2, 0) is 13.6 Å². The van der Waals surface area contributed by atoms with Crippen molar-refractivity contribution in [2.24, 2.45) is 7.05 Å².